The third-order valence-corrected chi connectivity index (χ3v) is 6.46. The second-order valence-electron chi connectivity index (χ2n) is 8.97. The number of aromatic nitrogens is 4. The van der Waals surface area contributed by atoms with Gasteiger partial charge in [0.05, 0.1) is 18.5 Å². The molecule has 1 N–H and O–H groups in total. The molecule has 0 unspecified atom stereocenters. The number of benzene rings is 3. The molecule has 0 spiro atoms. The van der Waals surface area contributed by atoms with E-state index in [0.717, 1.165) is 40.8 Å². The maximum atomic E-state index is 13.8. The van der Waals surface area contributed by atoms with Gasteiger partial charge in [-0.1, -0.05) is 85.2 Å². The summed E-state index contributed by atoms with van der Waals surface area (Å²) in [6, 6.07) is 25.4. The molecule has 9 heteroatoms. The van der Waals surface area contributed by atoms with Gasteiger partial charge >= 0.3 is 41.3 Å². The SMILES string of the molecule is CCCCc1nc(OC)n(-c2ccccc2)c(=O)c1Cc1ccc(-c2ccccc2-c2noc(=O)[nH]2)cc1.[NaH]. The Hall–Kier alpha value is -3.72. The average Bonchev–Trinajstić information content (AvgIpc) is 3.40. The molecule has 2 heterocycles. The Bertz CT molecular complexity index is 1660. The van der Waals surface area contributed by atoms with Crippen LogP contribution in [0.3, 0.4) is 0 Å². The first-order valence-electron chi connectivity index (χ1n) is 12.6. The van der Waals surface area contributed by atoms with Gasteiger partial charge in [0, 0.05) is 17.5 Å². The van der Waals surface area contributed by atoms with Crippen LogP contribution in [0.2, 0.25) is 0 Å². The number of ether oxygens (including phenoxy) is 1. The number of aryl methyl sites for hydroxylation is 1. The van der Waals surface area contributed by atoms with Crippen LogP contribution in [-0.4, -0.2) is 56.4 Å². The van der Waals surface area contributed by atoms with Crippen molar-refractivity contribution in [3.05, 3.63) is 117 Å². The molecule has 0 atom stereocenters. The third-order valence-electron chi connectivity index (χ3n) is 6.46. The summed E-state index contributed by atoms with van der Waals surface area (Å²) in [7, 11) is 1.54. The van der Waals surface area contributed by atoms with E-state index in [1.54, 1.807) is 0 Å². The Labute approximate surface area is 248 Å². The molecule has 0 bridgehead atoms. The van der Waals surface area contributed by atoms with Gasteiger partial charge in [-0.05, 0) is 41.7 Å². The minimum absolute atomic E-state index is 0. The monoisotopic (exact) mass is 532 g/mol. The molecule has 5 rings (SSSR count). The zero-order valence-corrected chi connectivity index (χ0v) is 21.3. The predicted octanol–water partition coefficient (Wildman–Crippen LogP) is 4.54. The molecule has 0 saturated carbocycles. The van der Waals surface area contributed by atoms with Gasteiger partial charge in [0.2, 0.25) is 0 Å². The van der Waals surface area contributed by atoms with E-state index in [4.69, 9.17) is 14.2 Å². The van der Waals surface area contributed by atoms with Crippen LogP contribution in [0.5, 0.6) is 6.01 Å². The van der Waals surface area contributed by atoms with Crippen molar-refractivity contribution in [1.82, 2.24) is 19.7 Å². The zero-order valence-electron chi connectivity index (χ0n) is 21.3. The van der Waals surface area contributed by atoms with Crippen molar-refractivity contribution in [2.75, 3.05) is 7.11 Å². The summed E-state index contributed by atoms with van der Waals surface area (Å²) in [5.41, 5.74) is 5.63. The van der Waals surface area contributed by atoms with Crippen molar-refractivity contribution in [1.29, 1.82) is 0 Å². The first-order chi connectivity index (χ1) is 18.6. The zero-order chi connectivity index (χ0) is 26.5. The molecule has 0 amide bonds. The van der Waals surface area contributed by atoms with E-state index in [0.29, 0.717) is 29.9 Å². The number of H-pyrrole nitrogens is 1. The summed E-state index contributed by atoms with van der Waals surface area (Å²) in [6.07, 6.45) is 3.07. The number of rotatable bonds is 9. The van der Waals surface area contributed by atoms with Crippen molar-refractivity contribution in [2.45, 2.75) is 32.6 Å². The fourth-order valence-corrected chi connectivity index (χ4v) is 4.54. The van der Waals surface area contributed by atoms with Gasteiger partial charge in [0.15, 0.2) is 5.82 Å². The summed E-state index contributed by atoms with van der Waals surface area (Å²) in [4.78, 5) is 32.7. The molecule has 0 saturated heterocycles. The van der Waals surface area contributed by atoms with Crippen molar-refractivity contribution >= 4 is 29.6 Å². The summed E-state index contributed by atoms with van der Waals surface area (Å²) in [5, 5.41) is 3.84. The molecule has 0 aliphatic rings. The van der Waals surface area contributed by atoms with Crippen LogP contribution in [0.25, 0.3) is 28.2 Å². The fraction of sp³-hybridized carbons (Fsp3) is 0.200. The molecule has 2 aromatic heterocycles. The molecule has 5 aromatic rings. The van der Waals surface area contributed by atoms with E-state index in [1.807, 2.05) is 78.9 Å². The number of aromatic amines is 1. The van der Waals surface area contributed by atoms with Crippen molar-refractivity contribution in [2.24, 2.45) is 0 Å². The quantitative estimate of drug-likeness (QED) is 0.280. The van der Waals surface area contributed by atoms with Gasteiger partial charge in [-0.15, -0.1) is 0 Å². The van der Waals surface area contributed by atoms with Gasteiger partial charge in [-0.3, -0.25) is 14.3 Å². The van der Waals surface area contributed by atoms with Crippen molar-refractivity contribution < 1.29 is 9.26 Å². The van der Waals surface area contributed by atoms with E-state index < -0.39 is 5.76 Å². The van der Waals surface area contributed by atoms with Gasteiger partial charge in [0.25, 0.3) is 5.56 Å². The van der Waals surface area contributed by atoms with E-state index in [2.05, 4.69) is 17.1 Å². The molecule has 0 fully saturated rings. The summed E-state index contributed by atoms with van der Waals surface area (Å²) >= 11 is 0. The van der Waals surface area contributed by atoms with Crippen LogP contribution in [0, 0.1) is 0 Å². The predicted molar refractivity (Wildman–Crippen MR) is 153 cm³/mol. The number of hydrogen-bond donors (Lipinski definition) is 1. The molecule has 8 nitrogen and oxygen atoms in total. The van der Waals surface area contributed by atoms with Crippen LogP contribution in [0.4, 0.5) is 0 Å². The van der Waals surface area contributed by atoms with Crippen LogP contribution in [0.1, 0.15) is 36.6 Å². The van der Waals surface area contributed by atoms with Crippen LogP contribution in [0.15, 0.2) is 93.0 Å². The third kappa shape index (κ3) is 6.14. The summed E-state index contributed by atoms with van der Waals surface area (Å²) in [6.45, 7) is 2.12. The number of hydrogen-bond acceptors (Lipinski definition) is 6. The van der Waals surface area contributed by atoms with Crippen molar-refractivity contribution in [3.8, 4) is 34.2 Å². The first-order valence-corrected chi connectivity index (χ1v) is 12.6. The molecule has 3 aromatic carbocycles. The summed E-state index contributed by atoms with van der Waals surface area (Å²) in [5.74, 6) is -0.223. The Morgan fingerprint density at radius 2 is 1.62 bits per heavy atom. The van der Waals surface area contributed by atoms with E-state index in [-0.39, 0.29) is 41.1 Å². The topological polar surface area (TPSA) is 103 Å². The first kappa shape index (κ1) is 28.3. The standard InChI is InChI=1S/C30H28N4O4.Na.H/c1-3-4-14-26-25(28(35)34(29(31-26)37-2)22-10-6-5-7-11-22)19-20-15-17-21(18-16-20)23-12-8-9-13-24(23)27-32-30(36)38-33-27;;/h5-13,15-18H,3-4,14,19H2,1-2H3,(H,32,33,36);;. The molecule has 0 radical (unpaired) electrons. The number of nitrogens with zero attached hydrogens (tertiary/aromatic N) is 3. The number of methoxy groups -OCH3 is 1. The Morgan fingerprint density at radius 1 is 0.923 bits per heavy atom. The van der Waals surface area contributed by atoms with Crippen LogP contribution >= 0.6 is 0 Å². The second-order valence-corrected chi connectivity index (χ2v) is 8.97. The van der Waals surface area contributed by atoms with Crippen molar-refractivity contribution in [3.63, 3.8) is 0 Å². The Morgan fingerprint density at radius 3 is 2.26 bits per heavy atom. The van der Waals surface area contributed by atoms with Crippen LogP contribution in [-0.2, 0) is 12.8 Å². The molecule has 0 aliphatic heterocycles. The van der Waals surface area contributed by atoms with E-state index in [1.165, 1.54) is 11.7 Å². The van der Waals surface area contributed by atoms with E-state index in [9.17, 15) is 9.59 Å². The molecule has 39 heavy (non-hydrogen) atoms. The minimum atomic E-state index is -0.599. The second kappa shape index (κ2) is 12.9. The van der Waals surface area contributed by atoms with Gasteiger partial charge in [-0.25, -0.2) is 14.3 Å². The normalized spacial score (nSPS) is 10.7. The van der Waals surface area contributed by atoms with Gasteiger partial charge in [-0.2, -0.15) is 0 Å². The molecule has 194 valence electrons. The van der Waals surface area contributed by atoms with Crippen LogP contribution < -0.4 is 16.1 Å². The molecular weight excluding hydrogens is 503 g/mol. The van der Waals surface area contributed by atoms with Gasteiger partial charge < -0.3 is 4.74 Å². The fourth-order valence-electron chi connectivity index (χ4n) is 4.54. The van der Waals surface area contributed by atoms with Gasteiger partial charge in [0.1, 0.15) is 0 Å². The Kier molecular flexibility index (Phi) is 9.35. The number of unbranched alkanes of at least 4 members (excludes halogenated alkanes) is 1. The average molecular weight is 533 g/mol. The van der Waals surface area contributed by atoms with E-state index >= 15 is 0 Å². The number of para-hydroxylation sites is 1. The summed E-state index contributed by atoms with van der Waals surface area (Å²) < 4.78 is 11.8. The Balaban J connectivity index is 0.00000353. The molecule has 0 aliphatic carbocycles. The number of nitrogens with one attached hydrogen (secondary N) is 1. The molecular formula is C30H29N4NaO4. The maximum absolute atomic E-state index is 13.8.